The third-order valence-electron chi connectivity index (χ3n) is 7.57. The van der Waals surface area contributed by atoms with Crippen molar-refractivity contribution in [3.05, 3.63) is 162 Å². The van der Waals surface area contributed by atoms with E-state index in [1.807, 2.05) is 84.9 Å². The van der Waals surface area contributed by atoms with Crippen molar-refractivity contribution < 1.29 is 28.1 Å². The van der Waals surface area contributed by atoms with E-state index in [1.165, 1.54) is 11.8 Å². The summed E-state index contributed by atoms with van der Waals surface area (Å²) in [7, 11) is 0. The van der Waals surface area contributed by atoms with Crippen LogP contribution in [0.15, 0.2) is 149 Å². The first-order valence-electron chi connectivity index (χ1n) is 15.3. The van der Waals surface area contributed by atoms with Gasteiger partial charge < -0.3 is 28.1 Å². The number of thioether (sulfide) groups is 1. The van der Waals surface area contributed by atoms with Crippen LogP contribution in [0.1, 0.15) is 22.3 Å². The van der Waals surface area contributed by atoms with Gasteiger partial charge in [-0.25, -0.2) is 0 Å². The van der Waals surface area contributed by atoms with E-state index in [-0.39, 0.29) is 0 Å². The Bertz CT molecular complexity index is 1500. The predicted octanol–water partition coefficient (Wildman–Crippen LogP) is 8.07. The highest BCUT2D eigenvalue weighted by molar-refractivity contribution is 7.99. The highest BCUT2D eigenvalue weighted by atomic mass is 32.2. The van der Waals surface area contributed by atoms with Crippen molar-refractivity contribution in [2.24, 2.45) is 0 Å². The molecule has 232 valence electrons. The van der Waals surface area contributed by atoms with E-state index < -0.39 is 29.9 Å². The van der Waals surface area contributed by atoms with Crippen LogP contribution in [0.4, 0.5) is 0 Å². The quantitative estimate of drug-likeness (QED) is 0.117. The lowest BCUT2D eigenvalue weighted by Crippen LogP contribution is -2.60. The molecular weight excluding hydrogens is 584 g/mol. The van der Waals surface area contributed by atoms with Crippen molar-refractivity contribution >= 4 is 11.8 Å². The van der Waals surface area contributed by atoms with Gasteiger partial charge in [-0.2, -0.15) is 0 Å². The third kappa shape index (κ3) is 9.17. The van der Waals surface area contributed by atoms with Crippen molar-refractivity contribution in [3.8, 4) is 0 Å². The first-order valence-corrected chi connectivity index (χ1v) is 16.1. The molecule has 0 unspecified atom stereocenters. The first kappa shape index (κ1) is 31.3. The van der Waals surface area contributed by atoms with Gasteiger partial charge in [-0.1, -0.05) is 133 Å². The Hall–Kier alpha value is -3.69. The average Bonchev–Trinajstić information content (AvgIpc) is 3.61. The minimum Gasteiger partial charge on any atom is -0.458 e. The van der Waals surface area contributed by atoms with Gasteiger partial charge in [0.25, 0.3) is 0 Å². The number of benzene rings is 4. The van der Waals surface area contributed by atoms with E-state index >= 15 is 0 Å². The van der Waals surface area contributed by atoms with Crippen LogP contribution in [0.5, 0.6) is 0 Å². The smallest absolute Gasteiger partial charge is 0.162 e. The zero-order valence-electron chi connectivity index (χ0n) is 25.1. The lowest BCUT2D eigenvalue weighted by molar-refractivity contribution is -0.254. The lowest BCUT2D eigenvalue weighted by Gasteiger charge is -2.45. The Morgan fingerprint density at radius 1 is 0.489 bits per heavy atom. The first-order chi connectivity index (χ1) is 22.3. The van der Waals surface area contributed by atoms with Crippen LogP contribution in [-0.2, 0) is 50.1 Å². The molecule has 5 aromatic rings. The highest BCUT2D eigenvalue weighted by Gasteiger charge is 2.49. The van der Waals surface area contributed by atoms with Crippen LogP contribution < -0.4 is 0 Å². The summed E-state index contributed by atoms with van der Waals surface area (Å²) in [6.07, 6.45) is -0.180. The molecule has 6 rings (SSSR count). The van der Waals surface area contributed by atoms with Gasteiger partial charge in [0.2, 0.25) is 0 Å². The number of ether oxygens (including phenoxy) is 5. The van der Waals surface area contributed by atoms with Gasteiger partial charge in [0, 0.05) is 0 Å². The molecule has 6 nitrogen and oxygen atoms in total. The summed E-state index contributed by atoms with van der Waals surface area (Å²) >= 11 is 1.48. The highest BCUT2D eigenvalue weighted by Crippen LogP contribution is 2.38. The van der Waals surface area contributed by atoms with Crippen molar-refractivity contribution in [2.75, 3.05) is 6.61 Å². The molecule has 0 amide bonds. The monoisotopic (exact) mass is 622 g/mol. The second kappa shape index (κ2) is 16.6. The summed E-state index contributed by atoms with van der Waals surface area (Å²) in [6, 6.07) is 44.4. The van der Waals surface area contributed by atoms with E-state index in [1.54, 1.807) is 6.26 Å². The molecule has 1 saturated heterocycles. The maximum atomic E-state index is 6.83. The summed E-state index contributed by atoms with van der Waals surface area (Å²) in [5.74, 6) is 0. The molecule has 2 heterocycles. The average molecular weight is 623 g/mol. The van der Waals surface area contributed by atoms with Crippen molar-refractivity contribution in [2.45, 2.75) is 61.4 Å². The lowest BCUT2D eigenvalue weighted by atomic mass is 9.98. The SMILES string of the molecule is c1ccc(COC[C@H]2O[C@H](Sc3ccco3)[C@@H](OCc3ccccc3)[C@@H](OCc3ccccc3)[C@@H]2OCc2ccccc2)cc1. The zero-order valence-corrected chi connectivity index (χ0v) is 25.9. The molecule has 4 aromatic carbocycles. The maximum absolute atomic E-state index is 6.83. The van der Waals surface area contributed by atoms with Crippen molar-refractivity contribution in [1.82, 2.24) is 0 Å². The summed E-state index contributed by atoms with van der Waals surface area (Å²) in [5, 5.41) is 0.739. The molecule has 1 fully saturated rings. The van der Waals surface area contributed by atoms with Gasteiger partial charge in [-0.15, -0.1) is 0 Å². The molecule has 45 heavy (non-hydrogen) atoms. The Morgan fingerprint density at radius 3 is 1.44 bits per heavy atom. The Kier molecular flexibility index (Phi) is 11.5. The molecular formula is C38H38O6S. The molecule has 7 heteroatoms. The summed E-state index contributed by atoms with van der Waals surface area (Å²) in [4.78, 5) is 0. The minimum atomic E-state index is -0.477. The molecule has 0 spiro atoms. The van der Waals surface area contributed by atoms with E-state index in [2.05, 4.69) is 48.5 Å². The maximum Gasteiger partial charge on any atom is 0.162 e. The summed E-state index contributed by atoms with van der Waals surface area (Å²) in [6.45, 7) is 1.98. The van der Waals surface area contributed by atoms with Gasteiger partial charge in [0.05, 0.1) is 39.3 Å². The van der Waals surface area contributed by atoms with Crippen LogP contribution in [0.2, 0.25) is 0 Å². The number of rotatable bonds is 15. The fourth-order valence-corrected chi connectivity index (χ4v) is 6.35. The molecule has 0 aliphatic carbocycles. The number of furan rings is 1. The van der Waals surface area contributed by atoms with E-state index in [0.29, 0.717) is 33.0 Å². The molecule has 5 atom stereocenters. The third-order valence-corrected chi connectivity index (χ3v) is 8.64. The largest absolute Gasteiger partial charge is 0.458 e. The van der Waals surface area contributed by atoms with Crippen molar-refractivity contribution in [1.29, 1.82) is 0 Å². The van der Waals surface area contributed by atoms with Crippen LogP contribution in [-0.4, -0.2) is 36.5 Å². The van der Waals surface area contributed by atoms with Crippen LogP contribution in [0.25, 0.3) is 0 Å². The molecule has 1 aliphatic heterocycles. The van der Waals surface area contributed by atoms with Crippen LogP contribution >= 0.6 is 11.8 Å². The standard InChI is InChI=1S/C38H38O6S/c1-5-14-29(15-6-1)24-39-28-33-35(41-25-30-16-7-2-8-17-30)36(42-26-31-18-9-3-10-19-31)37(43-27-32-20-11-4-12-21-32)38(44-33)45-34-22-13-23-40-34/h1-23,33,35-38H,24-28H2/t33-,35-,36+,37+,38-/m1/s1. The normalized spacial score (nSPS) is 21.5. The van der Waals surface area contributed by atoms with E-state index in [0.717, 1.165) is 27.3 Å². The summed E-state index contributed by atoms with van der Waals surface area (Å²) < 4.78 is 39.0. The topological polar surface area (TPSA) is 59.3 Å². The zero-order chi connectivity index (χ0) is 30.5. The van der Waals surface area contributed by atoms with Gasteiger partial charge in [-0.3, -0.25) is 0 Å². The molecule has 1 aromatic heterocycles. The molecule has 0 radical (unpaired) electrons. The molecule has 0 bridgehead atoms. The van der Waals surface area contributed by atoms with Gasteiger partial charge in [0.15, 0.2) is 5.09 Å². The molecule has 0 saturated carbocycles. The van der Waals surface area contributed by atoms with E-state index in [9.17, 15) is 0 Å². The predicted molar refractivity (Wildman–Crippen MR) is 174 cm³/mol. The van der Waals surface area contributed by atoms with Crippen LogP contribution in [0, 0.1) is 0 Å². The van der Waals surface area contributed by atoms with Gasteiger partial charge >= 0.3 is 0 Å². The summed E-state index contributed by atoms with van der Waals surface area (Å²) in [5.41, 5.74) is 3.85. The molecule has 1 aliphatic rings. The Morgan fingerprint density at radius 2 is 0.956 bits per heavy atom. The van der Waals surface area contributed by atoms with E-state index in [4.69, 9.17) is 28.1 Å². The number of hydrogen-bond acceptors (Lipinski definition) is 7. The van der Waals surface area contributed by atoms with Gasteiger partial charge in [0.1, 0.15) is 29.9 Å². The fraction of sp³-hybridized carbons (Fsp3) is 0.263. The Labute approximate surface area is 269 Å². The number of hydrogen-bond donors (Lipinski definition) is 0. The molecule has 0 N–H and O–H groups in total. The van der Waals surface area contributed by atoms with Gasteiger partial charge in [-0.05, 0) is 34.4 Å². The fourth-order valence-electron chi connectivity index (χ4n) is 5.29. The second-order valence-electron chi connectivity index (χ2n) is 10.9. The second-order valence-corrected chi connectivity index (χ2v) is 12.0. The minimum absolute atomic E-state index is 0.320. The Balaban J connectivity index is 1.30. The van der Waals surface area contributed by atoms with Crippen molar-refractivity contribution in [3.63, 3.8) is 0 Å². The van der Waals surface area contributed by atoms with Crippen LogP contribution in [0.3, 0.4) is 0 Å².